The monoisotopic (exact) mass is 227 g/mol. The largest absolute Gasteiger partial charge is 0.262 e. The molecule has 0 bridgehead atoms. The van der Waals surface area contributed by atoms with E-state index in [0.717, 1.165) is 16.6 Å². The van der Waals surface area contributed by atoms with Gasteiger partial charge in [-0.15, -0.1) is 0 Å². The number of aromatic nitrogens is 2. The molecular formula is C14H17N3. The summed E-state index contributed by atoms with van der Waals surface area (Å²) in [7, 11) is 0. The molecule has 0 radical (unpaired) electrons. The summed E-state index contributed by atoms with van der Waals surface area (Å²) in [6.45, 7) is 8.50. The number of hydrogen-bond acceptors (Lipinski definition) is 2. The molecule has 3 heteroatoms. The molecule has 3 nitrogen and oxygen atoms in total. The minimum Gasteiger partial charge on any atom is -0.262 e. The van der Waals surface area contributed by atoms with E-state index in [1.54, 1.807) is 0 Å². The summed E-state index contributed by atoms with van der Waals surface area (Å²) >= 11 is 0. The highest BCUT2D eigenvalue weighted by atomic mass is 15.3. The second-order valence-electron chi connectivity index (χ2n) is 4.92. The Bertz CT molecular complexity index is 585. The van der Waals surface area contributed by atoms with Crippen molar-refractivity contribution in [2.24, 2.45) is 0 Å². The van der Waals surface area contributed by atoms with Gasteiger partial charge >= 0.3 is 0 Å². The van der Waals surface area contributed by atoms with E-state index in [9.17, 15) is 0 Å². The van der Waals surface area contributed by atoms with Crippen molar-refractivity contribution in [2.45, 2.75) is 39.7 Å². The lowest BCUT2D eigenvalue weighted by atomic mass is 10.0. The van der Waals surface area contributed by atoms with Crippen LogP contribution < -0.4 is 0 Å². The van der Waals surface area contributed by atoms with Gasteiger partial charge in [-0.25, -0.2) is 0 Å². The maximum absolute atomic E-state index is 8.97. The molecule has 2 rings (SSSR count). The molecule has 0 fully saturated rings. The zero-order chi connectivity index (χ0) is 12.6. The van der Waals surface area contributed by atoms with Gasteiger partial charge < -0.3 is 0 Å². The third-order valence-corrected chi connectivity index (χ3v) is 2.90. The Hall–Kier alpha value is -1.82. The van der Waals surface area contributed by atoms with Gasteiger partial charge in [0.1, 0.15) is 0 Å². The number of rotatable bonds is 2. The van der Waals surface area contributed by atoms with Crippen LogP contribution in [0.4, 0.5) is 0 Å². The number of hydrogen-bond donors (Lipinski definition) is 0. The van der Waals surface area contributed by atoms with Crippen molar-refractivity contribution in [3.63, 3.8) is 0 Å². The fourth-order valence-electron chi connectivity index (χ4n) is 2.05. The van der Waals surface area contributed by atoms with Crippen molar-refractivity contribution < 1.29 is 0 Å². The first-order valence-corrected chi connectivity index (χ1v) is 5.97. The van der Waals surface area contributed by atoms with E-state index in [4.69, 9.17) is 5.26 Å². The van der Waals surface area contributed by atoms with Crippen LogP contribution in [0.5, 0.6) is 0 Å². The van der Waals surface area contributed by atoms with Crippen LogP contribution in [0.3, 0.4) is 0 Å². The second kappa shape index (κ2) is 4.21. The van der Waals surface area contributed by atoms with Crippen LogP contribution in [0.2, 0.25) is 0 Å². The second-order valence-corrected chi connectivity index (χ2v) is 4.92. The molecule has 1 aromatic heterocycles. The molecule has 0 spiro atoms. The van der Waals surface area contributed by atoms with Gasteiger partial charge in [0.05, 0.1) is 22.8 Å². The van der Waals surface area contributed by atoms with Crippen LogP contribution >= 0.6 is 0 Å². The molecule has 88 valence electrons. The van der Waals surface area contributed by atoms with E-state index in [1.807, 2.05) is 22.9 Å². The third-order valence-electron chi connectivity index (χ3n) is 2.90. The van der Waals surface area contributed by atoms with Gasteiger partial charge in [-0.2, -0.15) is 10.4 Å². The van der Waals surface area contributed by atoms with Crippen molar-refractivity contribution in [3.05, 3.63) is 29.5 Å². The smallest absolute Gasteiger partial charge is 0.0991 e. The van der Waals surface area contributed by atoms with E-state index >= 15 is 0 Å². The predicted molar refractivity (Wildman–Crippen MR) is 68.9 cm³/mol. The summed E-state index contributed by atoms with van der Waals surface area (Å²) in [5, 5.41) is 14.7. The van der Waals surface area contributed by atoms with Gasteiger partial charge in [-0.3, -0.25) is 4.68 Å². The zero-order valence-electron chi connectivity index (χ0n) is 10.7. The molecule has 1 heterocycles. The molecule has 17 heavy (non-hydrogen) atoms. The maximum atomic E-state index is 8.97. The molecule has 0 saturated carbocycles. The molecule has 0 amide bonds. The van der Waals surface area contributed by atoms with Crippen LogP contribution in [0.1, 0.15) is 50.9 Å². The minimum absolute atomic E-state index is 0.331. The Morgan fingerprint density at radius 2 is 1.94 bits per heavy atom. The molecule has 0 aliphatic heterocycles. The average molecular weight is 227 g/mol. The van der Waals surface area contributed by atoms with Crippen molar-refractivity contribution >= 4 is 10.9 Å². The number of nitriles is 1. The molecule has 0 saturated heterocycles. The fraction of sp³-hybridized carbons (Fsp3) is 0.429. The summed E-state index contributed by atoms with van der Waals surface area (Å²) in [6.07, 6.45) is 0. The number of benzene rings is 1. The van der Waals surface area contributed by atoms with Gasteiger partial charge in [0.25, 0.3) is 0 Å². The first kappa shape index (κ1) is 11.7. The Balaban J connectivity index is 2.77. The third kappa shape index (κ3) is 1.91. The highest BCUT2D eigenvalue weighted by molar-refractivity contribution is 5.84. The normalized spacial score (nSPS) is 11.4. The summed E-state index contributed by atoms with van der Waals surface area (Å²) in [5.74, 6) is 0.367. The molecule has 2 aromatic rings. The fourth-order valence-corrected chi connectivity index (χ4v) is 2.05. The van der Waals surface area contributed by atoms with Crippen molar-refractivity contribution in [2.75, 3.05) is 0 Å². The molecule has 0 aliphatic rings. The van der Waals surface area contributed by atoms with Crippen molar-refractivity contribution in [3.8, 4) is 6.07 Å². The Kier molecular flexibility index (Phi) is 2.89. The molecule has 1 aromatic carbocycles. The van der Waals surface area contributed by atoms with Crippen molar-refractivity contribution in [1.29, 1.82) is 5.26 Å². The van der Waals surface area contributed by atoms with Gasteiger partial charge in [0.2, 0.25) is 0 Å². The Labute approximate surface area is 102 Å². The van der Waals surface area contributed by atoms with Gasteiger partial charge in [-0.1, -0.05) is 13.8 Å². The highest BCUT2D eigenvalue weighted by Crippen LogP contribution is 2.27. The van der Waals surface area contributed by atoms with Crippen LogP contribution in [0.25, 0.3) is 10.9 Å². The van der Waals surface area contributed by atoms with E-state index in [0.29, 0.717) is 17.5 Å². The SMILES string of the molecule is CC(C)c1nn(C(C)C)c2ccc(C#N)cc12. The van der Waals surface area contributed by atoms with Crippen molar-refractivity contribution in [1.82, 2.24) is 9.78 Å². The predicted octanol–water partition coefficient (Wildman–Crippen LogP) is 3.61. The molecular weight excluding hydrogens is 210 g/mol. The average Bonchev–Trinajstić information content (AvgIpc) is 2.67. The number of nitrogens with zero attached hydrogens (tertiary/aromatic N) is 3. The molecule has 0 unspecified atom stereocenters. The van der Waals surface area contributed by atoms with Gasteiger partial charge in [-0.05, 0) is 38.0 Å². The molecule has 0 atom stereocenters. The Morgan fingerprint density at radius 3 is 2.47 bits per heavy atom. The number of fused-ring (bicyclic) bond motifs is 1. The lowest BCUT2D eigenvalue weighted by Crippen LogP contribution is -2.03. The first-order chi connectivity index (χ1) is 8.04. The first-order valence-electron chi connectivity index (χ1n) is 5.97. The summed E-state index contributed by atoms with van der Waals surface area (Å²) in [5.41, 5.74) is 2.89. The standard InChI is InChI=1S/C14H17N3/c1-9(2)14-12-7-11(8-15)5-6-13(12)17(16-14)10(3)4/h5-7,9-10H,1-4H3. The summed E-state index contributed by atoms with van der Waals surface area (Å²) < 4.78 is 2.03. The highest BCUT2D eigenvalue weighted by Gasteiger charge is 2.15. The van der Waals surface area contributed by atoms with Crippen LogP contribution in [-0.2, 0) is 0 Å². The quantitative estimate of drug-likeness (QED) is 0.786. The topological polar surface area (TPSA) is 41.6 Å². The molecule has 0 N–H and O–H groups in total. The minimum atomic E-state index is 0.331. The van der Waals surface area contributed by atoms with Crippen LogP contribution in [0.15, 0.2) is 18.2 Å². The van der Waals surface area contributed by atoms with Crippen LogP contribution in [0, 0.1) is 11.3 Å². The van der Waals surface area contributed by atoms with Crippen LogP contribution in [-0.4, -0.2) is 9.78 Å². The maximum Gasteiger partial charge on any atom is 0.0991 e. The summed E-state index contributed by atoms with van der Waals surface area (Å²) in [6, 6.07) is 8.31. The van der Waals surface area contributed by atoms with Gasteiger partial charge in [0.15, 0.2) is 0 Å². The Morgan fingerprint density at radius 1 is 1.24 bits per heavy atom. The van der Waals surface area contributed by atoms with E-state index in [2.05, 4.69) is 38.9 Å². The van der Waals surface area contributed by atoms with E-state index in [1.165, 1.54) is 0 Å². The lowest BCUT2D eigenvalue weighted by Gasteiger charge is -2.06. The van der Waals surface area contributed by atoms with Gasteiger partial charge in [0, 0.05) is 11.4 Å². The lowest BCUT2D eigenvalue weighted by molar-refractivity contribution is 0.539. The summed E-state index contributed by atoms with van der Waals surface area (Å²) in [4.78, 5) is 0. The molecule has 0 aliphatic carbocycles. The van der Waals surface area contributed by atoms with E-state index < -0.39 is 0 Å². The zero-order valence-corrected chi connectivity index (χ0v) is 10.7. The van der Waals surface area contributed by atoms with E-state index in [-0.39, 0.29) is 0 Å².